The fourth-order valence-electron chi connectivity index (χ4n) is 2.22. The van der Waals surface area contributed by atoms with Crippen LogP contribution in [-0.4, -0.2) is 17.0 Å². The highest BCUT2D eigenvalue weighted by Gasteiger charge is 2.31. The molecule has 0 aromatic carbocycles. The minimum absolute atomic E-state index is 0.0804. The number of hydrogen-bond acceptors (Lipinski definition) is 2. The topological polar surface area (TPSA) is 37.3 Å². The summed E-state index contributed by atoms with van der Waals surface area (Å²) in [6.07, 6.45) is 4.67. The van der Waals surface area contributed by atoms with Gasteiger partial charge in [-0.1, -0.05) is 26.0 Å². The maximum atomic E-state index is 12.0. The molecule has 0 aromatic rings. The molecule has 0 amide bonds. The molecule has 1 N–H and O–H groups in total. The van der Waals surface area contributed by atoms with Gasteiger partial charge in [0.05, 0.1) is 6.10 Å². The second kappa shape index (κ2) is 4.31. The largest absolute Gasteiger partial charge is 0.393 e. The summed E-state index contributed by atoms with van der Waals surface area (Å²) >= 11 is 0. The lowest BCUT2D eigenvalue weighted by molar-refractivity contribution is -0.118. The molecule has 1 atom stereocenters. The summed E-state index contributed by atoms with van der Waals surface area (Å²) in [5.74, 6) is 0.0804. The van der Waals surface area contributed by atoms with Crippen LogP contribution in [0.3, 0.4) is 0 Å². The van der Waals surface area contributed by atoms with Gasteiger partial charge in [0.1, 0.15) is 0 Å². The summed E-state index contributed by atoms with van der Waals surface area (Å²) in [5, 5.41) is 9.25. The summed E-state index contributed by atoms with van der Waals surface area (Å²) in [4.78, 5) is 12.0. The van der Waals surface area contributed by atoms with Gasteiger partial charge in [0.15, 0.2) is 5.78 Å². The maximum absolute atomic E-state index is 12.0. The molecule has 0 saturated heterocycles. The molecule has 1 unspecified atom stereocenters. The maximum Gasteiger partial charge on any atom is 0.162 e. The lowest BCUT2D eigenvalue weighted by Gasteiger charge is -2.30. The summed E-state index contributed by atoms with van der Waals surface area (Å²) in [6.45, 7) is 7.77. The van der Waals surface area contributed by atoms with Gasteiger partial charge in [-0.3, -0.25) is 4.79 Å². The van der Waals surface area contributed by atoms with Crippen molar-refractivity contribution in [2.75, 3.05) is 0 Å². The van der Waals surface area contributed by atoms with E-state index in [1.165, 1.54) is 0 Å². The van der Waals surface area contributed by atoms with Crippen molar-refractivity contribution >= 4 is 5.78 Å². The van der Waals surface area contributed by atoms with Crippen molar-refractivity contribution in [3.63, 3.8) is 0 Å². The molecular formula is C13H20O2. The van der Waals surface area contributed by atoms with Crippen LogP contribution in [0.5, 0.6) is 0 Å². The molecule has 1 aliphatic rings. The number of rotatable bonds is 3. The van der Waals surface area contributed by atoms with Crippen LogP contribution in [0.4, 0.5) is 0 Å². The van der Waals surface area contributed by atoms with E-state index in [2.05, 4.69) is 19.9 Å². The summed E-state index contributed by atoms with van der Waals surface area (Å²) in [5.41, 5.74) is 1.83. The zero-order chi connectivity index (χ0) is 11.6. The summed E-state index contributed by atoms with van der Waals surface area (Å²) < 4.78 is 0. The number of aliphatic hydroxyl groups is 1. The minimum atomic E-state index is -0.556. The number of aliphatic hydroxyl groups excluding tert-OH is 1. The van der Waals surface area contributed by atoms with E-state index in [0.717, 1.165) is 17.6 Å². The standard InChI is InChI=1S/C13H20O2/c1-9-6-5-7-13(3,4)12(9)11(15)8-10(2)14/h5-6,10,14H,7-8H2,1-4H3. The Labute approximate surface area is 91.7 Å². The van der Waals surface area contributed by atoms with Gasteiger partial charge in [0.25, 0.3) is 0 Å². The van der Waals surface area contributed by atoms with Crippen LogP contribution in [0.2, 0.25) is 0 Å². The second-order valence-electron chi connectivity index (χ2n) is 5.02. The fourth-order valence-corrected chi connectivity index (χ4v) is 2.22. The Hall–Kier alpha value is -0.890. The molecule has 1 aliphatic carbocycles. The first kappa shape index (κ1) is 12.2. The molecule has 0 saturated carbocycles. The van der Waals surface area contributed by atoms with E-state index in [-0.39, 0.29) is 17.6 Å². The molecule has 0 aliphatic heterocycles. The van der Waals surface area contributed by atoms with E-state index in [4.69, 9.17) is 0 Å². The first-order chi connectivity index (χ1) is 6.84. The van der Waals surface area contributed by atoms with Crippen molar-refractivity contribution in [1.82, 2.24) is 0 Å². The van der Waals surface area contributed by atoms with E-state index in [9.17, 15) is 9.90 Å². The van der Waals surface area contributed by atoms with Crippen LogP contribution >= 0.6 is 0 Å². The van der Waals surface area contributed by atoms with Gasteiger partial charge in [-0.05, 0) is 31.3 Å². The van der Waals surface area contributed by atoms with Gasteiger partial charge in [0, 0.05) is 12.0 Å². The number of ketones is 1. The first-order valence-electron chi connectivity index (χ1n) is 5.44. The number of hydrogen-bond donors (Lipinski definition) is 1. The number of allylic oxidation sites excluding steroid dienone is 4. The summed E-state index contributed by atoms with van der Waals surface area (Å²) in [7, 11) is 0. The molecule has 1 rings (SSSR count). The van der Waals surface area contributed by atoms with Crippen molar-refractivity contribution in [3.8, 4) is 0 Å². The van der Waals surface area contributed by atoms with E-state index < -0.39 is 6.10 Å². The third-order valence-electron chi connectivity index (χ3n) is 2.83. The highest BCUT2D eigenvalue weighted by molar-refractivity contribution is 5.98. The van der Waals surface area contributed by atoms with Crippen LogP contribution < -0.4 is 0 Å². The van der Waals surface area contributed by atoms with Crippen LogP contribution in [0.1, 0.15) is 40.5 Å². The quantitative estimate of drug-likeness (QED) is 0.774. The van der Waals surface area contributed by atoms with E-state index >= 15 is 0 Å². The number of carbonyl (C=O) groups is 1. The summed E-state index contributed by atoms with van der Waals surface area (Å²) in [6, 6.07) is 0. The van der Waals surface area contributed by atoms with Gasteiger partial charge < -0.3 is 5.11 Å². The van der Waals surface area contributed by atoms with Crippen molar-refractivity contribution < 1.29 is 9.90 Å². The lowest BCUT2D eigenvalue weighted by atomic mass is 9.73. The number of Topliss-reactive ketones (excluding diaryl/α,β-unsaturated/α-hetero) is 1. The molecule has 0 bridgehead atoms. The fraction of sp³-hybridized carbons (Fsp3) is 0.615. The SMILES string of the molecule is CC1=C(C(=O)CC(C)O)C(C)(C)CC=C1. The smallest absolute Gasteiger partial charge is 0.162 e. The van der Waals surface area contributed by atoms with Crippen LogP contribution in [0.25, 0.3) is 0 Å². The highest BCUT2D eigenvalue weighted by Crippen LogP contribution is 2.37. The molecule has 0 aromatic heterocycles. The first-order valence-corrected chi connectivity index (χ1v) is 5.44. The Bertz CT molecular complexity index is 319. The Morgan fingerprint density at radius 3 is 2.67 bits per heavy atom. The molecular weight excluding hydrogens is 188 g/mol. The monoisotopic (exact) mass is 208 g/mol. The Balaban J connectivity index is 2.98. The minimum Gasteiger partial charge on any atom is -0.393 e. The normalized spacial score (nSPS) is 21.7. The molecule has 15 heavy (non-hydrogen) atoms. The highest BCUT2D eigenvalue weighted by atomic mass is 16.3. The zero-order valence-electron chi connectivity index (χ0n) is 10.0. The van der Waals surface area contributed by atoms with E-state index in [1.807, 2.05) is 13.0 Å². The van der Waals surface area contributed by atoms with Gasteiger partial charge in [-0.2, -0.15) is 0 Å². The van der Waals surface area contributed by atoms with Gasteiger partial charge in [-0.25, -0.2) is 0 Å². The van der Waals surface area contributed by atoms with Crippen molar-refractivity contribution in [2.24, 2.45) is 5.41 Å². The average Bonchev–Trinajstić information content (AvgIpc) is 1.99. The van der Waals surface area contributed by atoms with Crippen molar-refractivity contribution in [1.29, 1.82) is 0 Å². The predicted molar refractivity (Wildman–Crippen MR) is 61.5 cm³/mol. The van der Waals surface area contributed by atoms with Crippen LogP contribution in [0.15, 0.2) is 23.3 Å². The Morgan fingerprint density at radius 2 is 2.20 bits per heavy atom. The van der Waals surface area contributed by atoms with Crippen LogP contribution in [-0.2, 0) is 4.79 Å². The van der Waals surface area contributed by atoms with E-state index in [0.29, 0.717) is 0 Å². The van der Waals surface area contributed by atoms with Gasteiger partial charge in [-0.15, -0.1) is 0 Å². The van der Waals surface area contributed by atoms with Crippen LogP contribution in [0, 0.1) is 5.41 Å². The van der Waals surface area contributed by atoms with Gasteiger partial charge in [0.2, 0.25) is 0 Å². The number of carbonyl (C=O) groups excluding carboxylic acids is 1. The molecule has 0 spiro atoms. The Morgan fingerprint density at radius 1 is 1.60 bits per heavy atom. The third-order valence-corrected chi connectivity index (χ3v) is 2.83. The molecule has 0 fully saturated rings. The zero-order valence-corrected chi connectivity index (χ0v) is 10.0. The molecule has 2 nitrogen and oxygen atoms in total. The van der Waals surface area contributed by atoms with Crippen molar-refractivity contribution in [2.45, 2.75) is 46.6 Å². The van der Waals surface area contributed by atoms with E-state index in [1.54, 1.807) is 6.92 Å². The second-order valence-corrected chi connectivity index (χ2v) is 5.02. The Kier molecular flexibility index (Phi) is 3.50. The average molecular weight is 208 g/mol. The lowest BCUT2D eigenvalue weighted by Crippen LogP contribution is -2.26. The molecule has 84 valence electrons. The predicted octanol–water partition coefficient (Wildman–Crippen LogP) is 2.63. The van der Waals surface area contributed by atoms with Gasteiger partial charge >= 0.3 is 0 Å². The molecule has 0 radical (unpaired) electrons. The molecule has 0 heterocycles. The van der Waals surface area contributed by atoms with Crippen molar-refractivity contribution in [3.05, 3.63) is 23.3 Å². The third kappa shape index (κ3) is 2.78. The molecule has 2 heteroatoms.